The molecule has 3 fully saturated rings. The van der Waals surface area contributed by atoms with Gasteiger partial charge in [-0.2, -0.15) is 5.10 Å². The van der Waals surface area contributed by atoms with E-state index in [0.717, 1.165) is 51.4 Å². The number of piperazine rings is 3. The number of fused-ring (bicyclic) bond motifs is 3. The highest BCUT2D eigenvalue weighted by Gasteiger charge is 2.39. The van der Waals surface area contributed by atoms with Crippen molar-refractivity contribution < 1.29 is 0 Å². The number of hydrogen-bond donors (Lipinski definition) is 2. The monoisotopic (exact) mass is 298 g/mol. The van der Waals surface area contributed by atoms with Crippen LogP contribution in [0.1, 0.15) is 25.1 Å². The first kappa shape index (κ1) is 14.3. The predicted octanol–water partition coefficient (Wildman–Crippen LogP) is 0.451. The van der Waals surface area contributed by atoms with Gasteiger partial charge in [0.05, 0.1) is 23.0 Å². The summed E-state index contributed by atoms with van der Waals surface area (Å²) < 4.78 is 1.99. The van der Waals surface area contributed by atoms with E-state index < -0.39 is 0 Å². The maximum atomic E-state index is 6.36. The summed E-state index contributed by atoms with van der Waals surface area (Å²) in [6, 6.07) is 0.395. The van der Waals surface area contributed by atoms with Crippen LogP contribution in [0.3, 0.4) is 0 Å². The van der Waals surface area contributed by atoms with Crippen molar-refractivity contribution in [2.75, 3.05) is 32.7 Å². The summed E-state index contributed by atoms with van der Waals surface area (Å²) in [4.78, 5) is 5.02. The third kappa shape index (κ3) is 2.46. The van der Waals surface area contributed by atoms with Gasteiger partial charge in [0, 0.05) is 45.3 Å². The van der Waals surface area contributed by atoms with Crippen molar-refractivity contribution in [1.29, 1.82) is 0 Å². The largest absolute Gasteiger partial charge is 0.299 e. The number of halogens is 1. The van der Waals surface area contributed by atoms with E-state index in [9.17, 15) is 0 Å². The summed E-state index contributed by atoms with van der Waals surface area (Å²) in [7, 11) is 0. The third-order valence-electron chi connectivity index (χ3n) is 4.45. The van der Waals surface area contributed by atoms with E-state index in [1.807, 2.05) is 4.68 Å². The van der Waals surface area contributed by atoms with Crippen LogP contribution in [-0.4, -0.2) is 58.3 Å². The summed E-state index contributed by atoms with van der Waals surface area (Å²) in [5, 5.41) is 5.10. The zero-order valence-electron chi connectivity index (χ0n) is 11.9. The van der Waals surface area contributed by atoms with E-state index in [4.69, 9.17) is 17.4 Å². The first-order valence-corrected chi connectivity index (χ1v) is 7.76. The fourth-order valence-corrected chi connectivity index (χ4v) is 3.68. The topological polar surface area (TPSA) is 62.4 Å². The smallest absolute Gasteiger partial charge is 0.0835 e. The molecule has 3 aliphatic heterocycles. The van der Waals surface area contributed by atoms with Gasteiger partial charge in [-0.3, -0.25) is 20.3 Å². The molecular weight excluding hydrogens is 276 g/mol. The highest BCUT2D eigenvalue weighted by atomic mass is 35.5. The number of rotatable bonds is 5. The van der Waals surface area contributed by atoms with Gasteiger partial charge in [0.15, 0.2) is 0 Å². The van der Waals surface area contributed by atoms with Crippen LogP contribution in [0.4, 0.5) is 0 Å². The lowest BCUT2D eigenvalue weighted by Crippen LogP contribution is -2.64. The van der Waals surface area contributed by atoms with Gasteiger partial charge < -0.3 is 0 Å². The van der Waals surface area contributed by atoms with Crippen molar-refractivity contribution in [2.24, 2.45) is 5.84 Å². The summed E-state index contributed by atoms with van der Waals surface area (Å²) in [6.07, 6.45) is 2.76. The van der Waals surface area contributed by atoms with Crippen LogP contribution in [0.15, 0.2) is 6.20 Å². The SMILES string of the molecule is CCCn1ncc(Cl)c1C(NN)C1CN2CCN1CC2. The average molecular weight is 299 g/mol. The molecule has 7 heteroatoms. The zero-order chi connectivity index (χ0) is 14.1. The molecule has 0 aliphatic carbocycles. The summed E-state index contributed by atoms with van der Waals surface area (Å²) in [5.41, 5.74) is 4.01. The standard InChI is InChI=1S/C13H23ClN6/c1-2-3-20-13(10(14)8-16-20)12(17-15)11-9-18-4-6-19(11)7-5-18/h8,11-12,17H,2-7,9,15H2,1H3. The molecule has 0 radical (unpaired) electrons. The molecular formula is C13H23ClN6. The van der Waals surface area contributed by atoms with E-state index in [1.165, 1.54) is 0 Å². The Balaban J connectivity index is 1.88. The fourth-order valence-electron chi connectivity index (χ4n) is 3.42. The molecule has 3 aliphatic rings. The average Bonchev–Trinajstić information content (AvgIpc) is 2.84. The number of hydrogen-bond acceptors (Lipinski definition) is 5. The van der Waals surface area contributed by atoms with E-state index in [1.54, 1.807) is 6.20 Å². The normalized spacial score (nSPS) is 30.6. The van der Waals surface area contributed by atoms with Crippen LogP contribution in [0.5, 0.6) is 0 Å². The number of nitrogens with two attached hydrogens (primary N) is 1. The Bertz CT molecular complexity index is 454. The van der Waals surface area contributed by atoms with Crippen molar-refractivity contribution in [3.63, 3.8) is 0 Å². The van der Waals surface area contributed by atoms with Crippen molar-refractivity contribution in [1.82, 2.24) is 25.0 Å². The maximum absolute atomic E-state index is 6.36. The molecule has 1 aromatic heterocycles. The number of aromatic nitrogens is 2. The van der Waals surface area contributed by atoms with Crippen LogP contribution >= 0.6 is 11.6 Å². The molecule has 0 amide bonds. The molecule has 2 bridgehead atoms. The van der Waals surface area contributed by atoms with Crippen molar-refractivity contribution in [3.05, 3.63) is 16.9 Å². The Morgan fingerprint density at radius 1 is 1.45 bits per heavy atom. The van der Waals surface area contributed by atoms with Crippen LogP contribution in [0, 0.1) is 0 Å². The lowest BCUT2D eigenvalue weighted by molar-refractivity contribution is -0.00500. The first-order chi connectivity index (χ1) is 9.74. The summed E-state index contributed by atoms with van der Waals surface area (Å²) >= 11 is 6.36. The molecule has 2 unspecified atom stereocenters. The molecule has 1 aromatic rings. The second-order valence-electron chi connectivity index (χ2n) is 5.65. The van der Waals surface area contributed by atoms with Gasteiger partial charge in [0.2, 0.25) is 0 Å². The summed E-state index contributed by atoms with van der Waals surface area (Å²) in [5.74, 6) is 5.87. The molecule has 0 aromatic carbocycles. The minimum atomic E-state index is 0.0275. The molecule has 20 heavy (non-hydrogen) atoms. The molecule has 3 saturated heterocycles. The Morgan fingerprint density at radius 2 is 2.20 bits per heavy atom. The Labute approximate surface area is 124 Å². The highest BCUT2D eigenvalue weighted by Crippen LogP contribution is 2.30. The lowest BCUT2D eigenvalue weighted by Gasteiger charge is -2.50. The molecule has 6 nitrogen and oxygen atoms in total. The number of nitrogens with zero attached hydrogens (tertiary/aromatic N) is 4. The molecule has 0 spiro atoms. The lowest BCUT2D eigenvalue weighted by atomic mass is 9.98. The van der Waals surface area contributed by atoms with Gasteiger partial charge in [-0.25, -0.2) is 5.43 Å². The Kier molecular flexibility index (Phi) is 4.28. The van der Waals surface area contributed by atoms with Crippen molar-refractivity contribution in [2.45, 2.75) is 32.0 Å². The highest BCUT2D eigenvalue weighted by molar-refractivity contribution is 6.31. The fraction of sp³-hybridized carbons (Fsp3) is 0.769. The van der Waals surface area contributed by atoms with Gasteiger partial charge in [0.1, 0.15) is 0 Å². The van der Waals surface area contributed by atoms with Crippen molar-refractivity contribution >= 4 is 11.6 Å². The second-order valence-corrected chi connectivity index (χ2v) is 6.06. The molecule has 4 heterocycles. The third-order valence-corrected chi connectivity index (χ3v) is 4.74. The zero-order valence-corrected chi connectivity index (χ0v) is 12.7. The quantitative estimate of drug-likeness (QED) is 0.610. The van der Waals surface area contributed by atoms with Crippen LogP contribution in [0.2, 0.25) is 5.02 Å². The number of aryl methyl sites for hydroxylation is 1. The van der Waals surface area contributed by atoms with E-state index >= 15 is 0 Å². The van der Waals surface area contributed by atoms with Gasteiger partial charge in [-0.05, 0) is 6.42 Å². The van der Waals surface area contributed by atoms with Crippen LogP contribution in [-0.2, 0) is 6.54 Å². The number of nitrogens with one attached hydrogen (secondary N) is 1. The first-order valence-electron chi connectivity index (χ1n) is 7.38. The van der Waals surface area contributed by atoms with E-state index in [0.29, 0.717) is 11.1 Å². The summed E-state index contributed by atoms with van der Waals surface area (Å²) in [6.45, 7) is 8.61. The van der Waals surface area contributed by atoms with Crippen LogP contribution < -0.4 is 11.3 Å². The molecule has 112 valence electrons. The molecule has 4 rings (SSSR count). The number of hydrazine groups is 1. The molecule has 2 atom stereocenters. The second kappa shape index (κ2) is 5.99. The maximum Gasteiger partial charge on any atom is 0.0835 e. The van der Waals surface area contributed by atoms with Gasteiger partial charge in [0.25, 0.3) is 0 Å². The van der Waals surface area contributed by atoms with Gasteiger partial charge in [-0.1, -0.05) is 18.5 Å². The van der Waals surface area contributed by atoms with E-state index in [-0.39, 0.29) is 6.04 Å². The predicted molar refractivity (Wildman–Crippen MR) is 79.4 cm³/mol. The van der Waals surface area contributed by atoms with Gasteiger partial charge in [-0.15, -0.1) is 0 Å². The molecule has 3 N–H and O–H groups in total. The van der Waals surface area contributed by atoms with E-state index in [2.05, 4.69) is 27.2 Å². The van der Waals surface area contributed by atoms with Crippen LogP contribution in [0.25, 0.3) is 0 Å². The minimum Gasteiger partial charge on any atom is -0.299 e. The Morgan fingerprint density at radius 3 is 2.75 bits per heavy atom. The van der Waals surface area contributed by atoms with Gasteiger partial charge >= 0.3 is 0 Å². The Hall–Kier alpha value is -0.660. The van der Waals surface area contributed by atoms with Crippen molar-refractivity contribution in [3.8, 4) is 0 Å². The molecule has 0 saturated carbocycles. The minimum absolute atomic E-state index is 0.0275.